The van der Waals surface area contributed by atoms with Crippen molar-refractivity contribution in [2.75, 3.05) is 45.8 Å². The van der Waals surface area contributed by atoms with Crippen LogP contribution in [0.3, 0.4) is 0 Å². The molecule has 0 radical (unpaired) electrons. The number of carbonyl (C=O) groups excluding carboxylic acids is 2. The van der Waals surface area contributed by atoms with E-state index in [0.717, 1.165) is 39.0 Å². The third-order valence-electron chi connectivity index (χ3n) is 5.60. The van der Waals surface area contributed by atoms with Crippen molar-refractivity contribution in [1.29, 1.82) is 0 Å². The van der Waals surface area contributed by atoms with Gasteiger partial charge >= 0.3 is 6.03 Å². The largest absolute Gasteiger partial charge is 0.341 e. The first-order valence-electron chi connectivity index (χ1n) is 8.77. The van der Waals surface area contributed by atoms with Crippen LogP contribution in [0.1, 0.15) is 25.7 Å². The minimum Gasteiger partial charge on any atom is -0.341 e. The molecule has 3 amide bonds. The Hall–Kier alpha value is -1.30. The Kier molecular flexibility index (Phi) is 3.72. The van der Waals surface area contributed by atoms with Gasteiger partial charge in [-0.15, -0.1) is 0 Å². The average Bonchev–Trinajstić information content (AvgIpc) is 2.92. The molecule has 0 spiro atoms. The highest BCUT2D eigenvalue weighted by molar-refractivity contribution is 5.84. The van der Waals surface area contributed by atoms with Crippen molar-refractivity contribution in [3.63, 3.8) is 0 Å². The molecule has 22 heavy (non-hydrogen) atoms. The summed E-state index contributed by atoms with van der Waals surface area (Å²) >= 11 is 0. The number of hydrogen-bond donors (Lipinski definition) is 1. The molecular weight excluding hydrogens is 280 g/mol. The van der Waals surface area contributed by atoms with Gasteiger partial charge in [-0.25, -0.2) is 4.79 Å². The lowest BCUT2D eigenvalue weighted by atomic mass is 10.0. The maximum absolute atomic E-state index is 12.5. The summed E-state index contributed by atoms with van der Waals surface area (Å²) in [6, 6.07) is 0.425. The van der Waals surface area contributed by atoms with Gasteiger partial charge < -0.3 is 20.0 Å². The first kappa shape index (κ1) is 14.3. The maximum atomic E-state index is 12.5. The van der Waals surface area contributed by atoms with E-state index in [2.05, 4.69) is 10.2 Å². The fraction of sp³-hybridized carbons (Fsp3) is 0.875. The van der Waals surface area contributed by atoms with Crippen LogP contribution in [0.2, 0.25) is 0 Å². The van der Waals surface area contributed by atoms with Gasteiger partial charge in [0.05, 0.1) is 5.92 Å². The fourth-order valence-corrected chi connectivity index (χ4v) is 4.07. The lowest BCUT2D eigenvalue weighted by Crippen LogP contribution is -2.43. The normalized spacial score (nSPS) is 31.9. The molecule has 1 N–H and O–H groups in total. The smallest absolute Gasteiger partial charge is 0.317 e. The van der Waals surface area contributed by atoms with Crippen LogP contribution in [0.15, 0.2) is 0 Å². The van der Waals surface area contributed by atoms with E-state index >= 15 is 0 Å². The van der Waals surface area contributed by atoms with E-state index in [4.69, 9.17) is 0 Å². The quantitative estimate of drug-likeness (QED) is 0.815. The number of urea groups is 1. The topological polar surface area (TPSA) is 55.9 Å². The maximum Gasteiger partial charge on any atom is 0.317 e. The van der Waals surface area contributed by atoms with Gasteiger partial charge in [-0.1, -0.05) is 0 Å². The molecule has 122 valence electrons. The number of rotatable bonds is 4. The standard InChI is InChI=1S/C16H26N4O2/c21-15-14-11-20(16(22)17-13-3-4-13)10-12(14)9-19(15)8-7-18-5-1-2-6-18/h12-14H,1-11H2,(H,17,22)/t12-,14+/m1/s1. The van der Waals surface area contributed by atoms with Crippen molar-refractivity contribution in [1.82, 2.24) is 20.0 Å². The van der Waals surface area contributed by atoms with Crippen LogP contribution in [0.4, 0.5) is 4.79 Å². The molecular formula is C16H26N4O2. The Morgan fingerprint density at radius 2 is 1.86 bits per heavy atom. The van der Waals surface area contributed by atoms with Gasteiger partial charge in [-0.3, -0.25) is 4.79 Å². The minimum atomic E-state index is 0.0355. The predicted molar refractivity (Wildman–Crippen MR) is 82.4 cm³/mol. The van der Waals surface area contributed by atoms with Gasteiger partial charge in [0.15, 0.2) is 0 Å². The lowest BCUT2D eigenvalue weighted by molar-refractivity contribution is -0.131. The van der Waals surface area contributed by atoms with Gasteiger partial charge in [0, 0.05) is 44.7 Å². The molecule has 3 aliphatic heterocycles. The summed E-state index contributed by atoms with van der Waals surface area (Å²) in [4.78, 5) is 31.0. The van der Waals surface area contributed by atoms with E-state index in [1.807, 2.05) is 9.80 Å². The van der Waals surface area contributed by atoms with Crippen molar-refractivity contribution >= 4 is 11.9 Å². The zero-order valence-corrected chi connectivity index (χ0v) is 13.2. The second-order valence-electron chi connectivity index (χ2n) is 7.33. The van der Waals surface area contributed by atoms with Crippen molar-refractivity contribution < 1.29 is 9.59 Å². The minimum absolute atomic E-state index is 0.0355. The fourth-order valence-electron chi connectivity index (χ4n) is 4.07. The van der Waals surface area contributed by atoms with Gasteiger partial charge in [-0.05, 0) is 38.8 Å². The van der Waals surface area contributed by atoms with Crippen LogP contribution < -0.4 is 5.32 Å². The average molecular weight is 306 g/mol. The second kappa shape index (κ2) is 5.72. The van der Waals surface area contributed by atoms with Gasteiger partial charge in [-0.2, -0.15) is 0 Å². The molecule has 0 unspecified atom stereocenters. The molecule has 6 nitrogen and oxygen atoms in total. The predicted octanol–water partition coefficient (Wildman–Crippen LogP) is 0.344. The molecule has 0 aromatic heterocycles. The summed E-state index contributed by atoms with van der Waals surface area (Å²) in [5, 5.41) is 3.03. The van der Waals surface area contributed by atoms with E-state index < -0.39 is 0 Å². The molecule has 2 atom stereocenters. The molecule has 4 aliphatic rings. The van der Waals surface area contributed by atoms with Crippen molar-refractivity contribution in [3.8, 4) is 0 Å². The molecule has 4 rings (SSSR count). The Morgan fingerprint density at radius 3 is 2.55 bits per heavy atom. The van der Waals surface area contributed by atoms with Crippen LogP contribution in [0.25, 0.3) is 0 Å². The van der Waals surface area contributed by atoms with Crippen LogP contribution in [0.5, 0.6) is 0 Å². The SMILES string of the molecule is O=C(NC1CC1)N1C[C@H]2CN(CCN3CCCC3)C(=O)[C@H]2C1. The molecule has 0 aromatic rings. The number of nitrogens with one attached hydrogen (secondary N) is 1. The molecule has 3 saturated heterocycles. The van der Waals surface area contributed by atoms with Crippen molar-refractivity contribution in [2.24, 2.45) is 11.8 Å². The van der Waals surface area contributed by atoms with Gasteiger partial charge in [0.25, 0.3) is 0 Å². The van der Waals surface area contributed by atoms with Crippen LogP contribution in [-0.2, 0) is 4.79 Å². The zero-order valence-electron chi connectivity index (χ0n) is 13.2. The van der Waals surface area contributed by atoms with E-state index in [1.165, 1.54) is 25.9 Å². The first-order valence-corrected chi connectivity index (χ1v) is 8.77. The van der Waals surface area contributed by atoms with Gasteiger partial charge in [0.1, 0.15) is 0 Å². The summed E-state index contributed by atoms with van der Waals surface area (Å²) < 4.78 is 0. The number of amides is 3. The third-order valence-corrected chi connectivity index (χ3v) is 5.60. The molecule has 0 bridgehead atoms. The highest BCUT2D eigenvalue weighted by Crippen LogP contribution is 2.32. The van der Waals surface area contributed by atoms with E-state index in [1.54, 1.807) is 0 Å². The van der Waals surface area contributed by atoms with Crippen molar-refractivity contribution in [3.05, 3.63) is 0 Å². The Morgan fingerprint density at radius 1 is 1.09 bits per heavy atom. The zero-order chi connectivity index (χ0) is 15.1. The number of likely N-dealkylation sites (tertiary alicyclic amines) is 3. The summed E-state index contributed by atoms with van der Waals surface area (Å²) in [6.07, 6.45) is 4.81. The lowest BCUT2D eigenvalue weighted by Gasteiger charge is -2.24. The molecule has 0 aromatic carbocycles. The Balaban J connectivity index is 1.27. The molecule has 4 fully saturated rings. The highest BCUT2D eigenvalue weighted by Gasteiger charge is 2.47. The molecule has 6 heteroatoms. The number of nitrogens with zero attached hydrogens (tertiary/aromatic N) is 3. The summed E-state index contributed by atoms with van der Waals surface area (Å²) in [7, 11) is 0. The Labute approximate surface area is 131 Å². The van der Waals surface area contributed by atoms with Crippen molar-refractivity contribution in [2.45, 2.75) is 31.7 Å². The number of carbonyl (C=O) groups is 2. The molecule has 1 aliphatic carbocycles. The van der Waals surface area contributed by atoms with E-state index in [0.29, 0.717) is 18.5 Å². The van der Waals surface area contributed by atoms with Gasteiger partial charge in [0.2, 0.25) is 5.91 Å². The summed E-state index contributed by atoms with van der Waals surface area (Å²) in [6.45, 7) is 6.44. The summed E-state index contributed by atoms with van der Waals surface area (Å²) in [5.41, 5.74) is 0. The van der Waals surface area contributed by atoms with Crippen LogP contribution >= 0.6 is 0 Å². The molecule has 1 saturated carbocycles. The van der Waals surface area contributed by atoms with Crippen LogP contribution in [-0.4, -0.2) is 78.5 Å². The van der Waals surface area contributed by atoms with E-state index in [9.17, 15) is 9.59 Å². The Bertz CT molecular complexity index is 459. The summed E-state index contributed by atoms with van der Waals surface area (Å²) in [5.74, 6) is 0.658. The molecule has 3 heterocycles. The monoisotopic (exact) mass is 306 g/mol. The van der Waals surface area contributed by atoms with Crippen LogP contribution in [0, 0.1) is 11.8 Å². The number of hydrogen-bond acceptors (Lipinski definition) is 3. The first-order chi connectivity index (χ1) is 10.7. The highest BCUT2D eigenvalue weighted by atomic mass is 16.2. The third kappa shape index (κ3) is 2.81. The van der Waals surface area contributed by atoms with E-state index in [-0.39, 0.29) is 17.9 Å². The number of fused-ring (bicyclic) bond motifs is 1. The second-order valence-corrected chi connectivity index (χ2v) is 7.33.